The molecular weight excluding hydrogens is 60.0 g/mol. The van der Waals surface area contributed by atoms with Crippen molar-refractivity contribution in [2.24, 2.45) is 0 Å². The molecule has 0 radical (unpaired) electrons. The first-order valence-corrected chi connectivity index (χ1v) is 0.408. The average molecular weight is 62.0 g/mol. The van der Waals surface area contributed by atoms with E-state index in [1.165, 1.54) is 0 Å². The predicted molar refractivity (Wildman–Crippen MR) is 12.2 cm³/mol. The summed E-state index contributed by atoms with van der Waals surface area (Å²) in [5.74, 6) is 0. The van der Waals surface area contributed by atoms with Gasteiger partial charge in [0.1, 0.15) is 0 Å². The first-order valence-electron chi connectivity index (χ1n) is 0.408. The van der Waals surface area contributed by atoms with E-state index in [0.717, 1.165) is 0 Å². The fourth-order valence-electron chi connectivity index (χ4n) is 0. The van der Waals surface area contributed by atoms with Gasteiger partial charge in [0.2, 0.25) is 0 Å². The van der Waals surface area contributed by atoms with Gasteiger partial charge in [-0.1, -0.05) is 11.2 Å². The smallest absolute Gasteiger partial charge is 0.0850 e. The lowest BCUT2D eigenvalue weighted by Crippen LogP contribution is -0.649. The lowest BCUT2D eigenvalue weighted by atomic mass is 13.8. The quantitative estimate of drug-likeness (QED) is 0.404. The summed E-state index contributed by atoms with van der Waals surface area (Å²) in [6.07, 6.45) is 0. The van der Waals surface area contributed by atoms with Crippen LogP contribution in [0.1, 0.15) is 0 Å². The minimum Gasteiger partial charge on any atom is -0.154 e. The lowest BCUT2D eigenvalue weighted by molar-refractivity contribution is 1.49. The summed E-state index contributed by atoms with van der Waals surface area (Å²) in [6.45, 7) is 0. The Bertz CT molecular complexity index is 6.00. The van der Waals surface area contributed by atoms with E-state index >= 15 is 0 Å². The van der Waals surface area contributed by atoms with Crippen LogP contribution >= 0.6 is 0 Å². The van der Waals surface area contributed by atoms with E-state index in [0.29, 0.717) is 0 Å². The monoisotopic (exact) mass is 62.0 g/mol. The summed E-state index contributed by atoms with van der Waals surface area (Å²) < 4.78 is 0. The Morgan fingerprint density at radius 2 is 0.750 bits per heavy atom. The molecule has 0 aromatic rings. The van der Waals surface area contributed by atoms with Crippen molar-refractivity contribution in [2.45, 2.75) is 0 Å². The molecule has 0 unspecified atom stereocenters. The Kier molecular flexibility index (Phi) is 13.3. The Labute approximate surface area is 22.3 Å². The van der Waals surface area contributed by atoms with Crippen LogP contribution in [0.3, 0.4) is 0 Å². The molecule has 0 fully saturated rings. The van der Waals surface area contributed by atoms with Crippen LogP contribution in [0.5, 0.6) is 0 Å². The van der Waals surface area contributed by atoms with Gasteiger partial charge >= 0.3 is 0 Å². The van der Waals surface area contributed by atoms with Crippen molar-refractivity contribution in [1.29, 1.82) is 11.2 Å². The number of nitrogens with one attached hydrogen (secondary N) is 2. The van der Waals surface area contributed by atoms with Gasteiger partial charge in [-0.15, -0.1) is 0 Å². The third-order valence-corrected chi connectivity index (χ3v) is 0. The fourth-order valence-corrected chi connectivity index (χ4v) is 0. The SMILES string of the molecule is N=O.N=O. The summed E-state index contributed by atoms with van der Waals surface area (Å²) in [5.41, 5.74) is 9.00. The van der Waals surface area contributed by atoms with Gasteiger partial charge in [0.05, 0.1) is 0 Å². The molecular formula is H2N2O2. The second kappa shape index (κ2) is 4.95. The van der Waals surface area contributed by atoms with Crippen molar-refractivity contribution in [1.82, 2.24) is 0 Å². The molecule has 0 aliphatic rings. The van der Waals surface area contributed by atoms with Crippen LogP contribution < -0.4 is 0 Å². The van der Waals surface area contributed by atoms with Gasteiger partial charge < -0.3 is 0 Å². The minimum atomic E-state index is 4.50. The van der Waals surface area contributed by atoms with E-state index in [2.05, 4.69) is 11.2 Å². The molecule has 0 aromatic carbocycles. The van der Waals surface area contributed by atoms with Crippen LogP contribution in [0.2, 0.25) is 0 Å². The number of hydrogen-bond donors (Lipinski definition) is 2. The summed E-state index contributed by atoms with van der Waals surface area (Å²) in [4.78, 5) is 15.0. The van der Waals surface area contributed by atoms with Crippen molar-refractivity contribution in [2.75, 3.05) is 0 Å². The van der Waals surface area contributed by atoms with E-state index in [-0.39, 0.29) is 0 Å². The highest BCUT2D eigenvalue weighted by molar-refractivity contribution is 3.64. The van der Waals surface area contributed by atoms with E-state index in [4.69, 9.17) is 9.81 Å². The maximum atomic E-state index is 7.50. The molecule has 0 aliphatic carbocycles. The highest BCUT2D eigenvalue weighted by atomic mass is 16.2. The standard InChI is InChI=1S/2HNO/c2*1-2/h2*1H. The molecule has 0 aromatic heterocycles. The van der Waals surface area contributed by atoms with E-state index in [1.54, 1.807) is 0 Å². The largest absolute Gasteiger partial charge is 0.154 e. The maximum absolute atomic E-state index is 7.50. The van der Waals surface area contributed by atoms with Gasteiger partial charge in [0.15, 0.2) is 0 Å². The third kappa shape index (κ3) is 0.0750. The molecule has 0 atom stereocenters. The second-order valence-electron chi connectivity index (χ2n) is 0. The Hall–Kier alpha value is -0.800. The highest BCUT2D eigenvalue weighted by Crippen LogP contribution is 0.768. The molecule has 24 valence electrons. The van der Waals surface area contributed by atoms with Crippen LogP contribution in [-0.4, -0.2) is 0 Å². The normalized spacial score (nSPS) is 2.00. The van der Waals surface area contributed by atoms with E-state index in [9.17, 15) is 0 Å². The zero-order valence-electron chi connectivity index (χ0n) is 1.82. The highest BCUT2D eigenvalue weighted by Gasteiger charge is 0.590. The van der Waals surface area contributed by atoms with Crippen molar-refractivity contribution in [3.63, 3.8) is 0 Å². The zero-order valence-corrected chi connectivity index (χ0v) is 1.82. The molecule has 0 bridgehead atoms. The van der Waals surface area contributed by atoms with Crippen molar-refractivity contribution < 1.29 is 0 Å². The van der Waals surface area contributed by atoms with Gasteiger partial charge in [-0.25, -0.2) is 0 Å². The van der Waals surface area contributed by atoms with Gasteiger partial charge in [0, 0.05) is 0 Å². The number of hydrogen-bond acceptors (Lipinski definition) is 4. The Morgan fingerprint density at radius 3 is 0.750 bits per heavy atom. The maximum Gasteiger partial charge on any atom is -0.0850 e. The summed E-state index contributed by atoms with van der Waals surface area (Å²) in [5, 5.41) is 0. The van der Waals surface area contributed by atoms with E-state index < -0.39 is 0 Å². The minimum absolute atomic E-state index is 4.50. The Balaban J connectivity index is 0. The van der Waals surface area contributed by atoms with Crippen LogP contribution in [0.4, 0.5) is 0 Å². The number of nitroso groups, excluding NO2 is 2. The van der Waals surface area contributed by atoms with Crippen LogP contribution in [-0.2, 0) is 0 Å². The van der Waals surface area contributed by atoms with Crippen molar-refractivity contribution in [3.05, 3.63) is 9.81 Å². The van der Waals surface area contributed by atoms with E-state index in [1.807, 2.05) is 0 Å². The summed E-state index contributed by atoms with van der Waals surface area (Å²) >= 11 is 0. The Morgan fingerprint density at radius 1 is 0.750 bits per heavy atom. The molecule has 0 aliphatic heterocycles. The van der Waals surface area contributed by atoms with Gasteiger partial charge in [-0.3, -0.25) is 0 Å². The molecule has 2 N–H and O–H groups in total. The lowest BCUT2D eigenvalue weighted by Gasteiger charge is -0.827. The van der Waals surface area contributed by atoms with Crippen molar-refractivity contribution in [3.8, 4) is 0 Å². The zero-order chi connectivity index (χ0) is 4.00. The second-order valence-corrected chi connectivity index (χ2v) is 0. The molecule has 0 spiro atoms. The number of rotatable bonds is 0. The predicted octanol–water partition coefficient (Wildman–Crippen LogP) is 0.663. The van der Waals surface area contributed by atoms with Gasteiger partial charge in [0.25, 0.3) is 0 Å². The van der Waals surface area contributed by atoms with Gasteiger partial charge in [-0.2, -0.15) is 9.81 Å². The third-order valence-electron chi connectivity index (χ3n) is 0. The molecule has 0 saturated carbocycles. The molecule has 0 heterocycles. The summed E-state index contributed by atoms with van der Waals surface area (Å²) in [7, 11) is 0. The average Bonchev–Trinajstić information content (AvgIpc) is 1.50. The first-order chi connectivity index (χ1) is 2.00. The molecule has 4 nitrogen and oxygen atoms in total. The molecule has 4 heteroatoms. The first kappa shape index (κ1) is 10.8. The van der Waals surface area contributed by atoms with Crippen LogP contribution in [0.15, 0.2) is 0 Å². The van der Waals surface area contributed by atoms with Gasteiger partial charge in [-0.05, 0) is 0 Å². The van der Waals surface area contributed by atoms with Crippen LogP contribution in [0, 0.1) is 21.0 Å². The topological polar surface area (TPSA) is 81.8 Å². The molecule has 0 saturated heterocycles. The molecule has 0 rings (SSSR count). The van der Waals surface area contributed by atoms with Crippen LogP contribution in [0.25, 0.3) is 0 Å². The summed E-state index contributed by atoms with van der Waals surface area (Å²) in [6, 6.07) is 0. The molecule has 0 amide bonds. The van der Waals surface area contributed by atoms with Crippen molar-refractivity contribution >= 4 is 0 Å². The fraction of sp³-hybridized carbons (Fsp3) is 0. The molecule has 4 heavy (non-hydrogen) atoms.